The van der Waals surface area contributed by atoms with Crippen LogP contribution < -0.4 is 4.90 Å². The molecule has 0 radical (unpaired) electrons. The van der Waals surface area contributed by atoms with Crippen molar-refractivity contribution in [1.82, 2.24) is 19.2 Å². The van der Waals surface area contributed by atoms with Gasteiger partial charge in [-0.1, -0.05) is 6.92 Å². The van der Waals surface area contributed by atoms with Crippen molar-refractivity contribution in [3.05, 3.63) is 17.5 Å². The zero-order valence-electron chi connectivity index (χ0n) is 17.3. The molecule has 28 heavy (non-hydrogen) atoms. The van der Waals surface area contributed by atoms with Crippen LogP contribution in [0.2, 0.25) is 0 Å². The predicted octanol–water partition coefficient (Wildman–Crippen LogP) is 1.55. The normalized spacial score (nSPS) is 20.4. The maximum atomic E-state index is 13.3. The van der Waals surface area contributed by atoms with Crippen molar-refractivity contribution in [3.8, 4) is 0 Å². The number of rotatable bonds is 8. The van der Waals surface area contributed by atoms with Gasteiger partial charge in [0.2, 0.25) is 16.0 Å². The summed E-state index contributed by atoms with van der Waals surface area (Å²) < 4.78 is 25.3. The van der Waals surface area contributed by atoms with Crippen LogP contribution in [0.15, 0.2) is 6.20 Å². The number of carbonyl (C=O) groups is 1. The highest BCUT2D eigenvalue weighted by atomic mass is 32.2. The van der Waals surface area contributed by atoms with Crippen molar-refractivity contribution >= 4 is 21.9 Å². The van der Waals surface area contributed by atoms with Gasteiger partial charge < -0.3 is 9.80 Å². The zero-order valence-corrected chi connectivity index (χ0v) is 18.1. The van der Waals surface area contributed by atoms with Gasteiger partial charge in [0.15, 0.2) is 0 Å². The van der Waals surface area contributed by atoms with Gasteiger partial charge in [-0.2, -0.15) is 0 Å². The summed E-state index contributed by atoms with van der Waals surface area (Å²) in [5, 5.41) is 0. The molecule has 9 heteroatoms. The molecule has 0 aromatic carbocycles. The molecule has 2 fully saturated rings. The molecule has 0 spiro atoms. The van der Waals surface area contributed by atoms with Crippen LogP contribution in [0, 0.1) is 5.92 Å². The molecule has 8 nitrogen and oxygen atoms in total. The van der Waals surface area contributed by atoms with E-state index >= 15 is 0 Å². The van der Waals surface area contributed by atoms with E-state index in [1.807, 2.05) is 19.0 Å². The van der Waals surface area contributed by atoms with Crippen molar-refractivity contribution in [2.45, 2.75) is 38.5 Å². The van der Waals surface area contributed by atoms with E-state index in [1.54, 1.807) is 11.1 Å². The summed E-state index contributed by atoms with van der Waals surface area (Å²) in [6.07, 6.45) is 6.78. The van der Waals surface area contributed by atoms with Gasteiger partial charge in [0, 0.05) is 52.4 Å². The lowest BCUT2D eigenvalue weighted by Crippen LogP contribution is -2.35. The first-order valence-corrected chi connectivity index (χ1v) is 11.8. The van der Waals surface area contributed by atoms with Gasteiger partial charge in [-0.25, -0.2) is 22.7 Å². The molecule has 0 N–H and O–H groups in total. The summed E-state index contributed by atoms with van der Waals surface area (Å²) in [6, 6.07) is 0. The van der Waals surface area contributed by atoms with Crippen LogP contribution in [-0.4, -0.2) is 80.0 Å². The van der Waals surface area contributed by atoms with Crippen LogP contribution in [-0.2, 0) is 10.0 Å². The second-order valence-corrected chi connectivity index (χ2v) is 10.1. The number of anilines is 1. The molecular formula is C19H31N5O3S. The van der Waals surface area contributed by atoms with E-state index < -0.39 is 10.0 Å². The third kappa shape index (κ3) is 4.81. The molecule has 1 aliphatic heterocycles. The van der Waals surface area contributed by atoms with Crippen molar-refractivity contribution in [2.75, 3.05) is 51.4 Å². The minimum atomic E-state index is -3.25. The second kappa shape index (κ2) is 8.32. The van der Waals surface area contributed by atoms with Gasteiger partial charge >= 0.3 is 0 Å². The molecular weight excluding hydrogens is 378 g/mol. The fraction of sp³-hybridized carbons (Fsp3) is 0.737. The number of nitrogens with zero attached hydrogens (tertiary/aromatic N) is 5. The molecule has 2 heterocycles. The van der Waals surface area contributed by atoms with Crippen LogP contribution in [0.5, 0.6) is 0 Å². The molecule has 1 saturated heterocycles. The molecule has 1 unspecified atom stereocenters. The Labute approximate surface area is 168 Å². The van der Waals surface area contributed by atoms with Crippen LogP contribution in [0.1, 0.15) is 54.6 Å². The highest BCUT2D eigenvalue weighted by Crippen LogP contribution is 2.33. The number of sulfonamides is 1. The lowest BCUT2D eigenvalue weighted by molar-refractivity contribution is 0.0745. The fourth-order valence-corrected chi connectivity index (χ4v) is 4.55. The summed E-state index contributed by atoms with van der Waals surface area (Å²) in [7, 11) is 0.460. The van der Waals surface area contributed by atoms with Crippen molar-refractivity contribution < 1.29 is 13.2 Å². The average molecular weight is 410 g/mol. The minimum Gasteiger partial charge on any atom is -0.347 e. The first-order valence-electron chi connectivity index (χ1n) is 9.99. The Balaban J connectivity index is 1.92. The van der Waals surface area contributed by atoms with Gasteiger partial charge in [-0.05, 0) is 31.6 Å². The van der Waals surface area contributed by atoms with Crippen molar-refractivity contribution in [1.29, 1.82) is 0 Å². The maximum absolute atomic E-state index is 13.3. The highest BCUT2D eigenvalue weighted by Gasteiger charge is 2.35. The molecule has 3 rings (SSSR count). The second-order valence-electron chi connectivity index (χ2n) is 8.16. The third-order valence-electron chi connectivity index (χ3n) is 5.40. The molecule has 1 amide bonds. The topological polar surface area (TPSA) is 86.7 Å². The Morgan fingerprint density at radius 2 is 2.00 bits per heavy atom. The lowest BCUT2D eigenvalue weighted by atomic mass is 9.99. The summed E-state index contributed by atoms with van der Waals surface area (Å²) in [6.45, 7) is 4.38. The number of aromatic nitrogens is 2. The van der Waals surface area contributed by atoms with Crippen LogP contribution in [0.4, 0.5) is 5.95 Å². The molecule has 1 aliphatic carbocycles. The Morgan fingerprint density at radius 3 is 2.54 bits per heavy atom. The van der Waals surface area contributed by atoms with Gasteiger partial charge in [0.25, 0.3) is 5.91 Å². The molecule has 1 aromatic rings. The monoisotopic (exact) mass is 409 g/mol. The van der Waals surface area contributed by atoms with Crippen LogP contribution >= 0.6 is 0 Å². The van der Waals surface area contributed by atoms with Crippen molar-refractivity contribution in [3.63, 3.8) is 0 Å². The SMILES string of the molecule is CCCN(CC1CC1)C(=O)c1cnc(N(C)C)nc1C1CCN(S(C)(=O)=O)C1. The van der Waals surface area contributed by atoms with E-state index in [9.17, 15) is 13.2 Å². The van der Waals surface area contributed by atoms with E-state index in [1.165, 1.54) is 23.4 Å². The summed E-state index contributed by atoms with van der Waals surface area (Å²) in [5.74, 6) is 1.01. The predicted molar refractivity (Wildman–Crippen MR) is 109 cm³/mol. The minimum absolute atomic E-state index is 0.0353. The fourth-order valence-electron chi connectivity index (χ4n) is 3.66. The van der Waals surface area contributed by atoms with Gasteiger partial charge in [0.05, 0.1) is 17.5 Å². The van der Waals surface area contributed by atoms with Gasteiger partial charge in [0.1, 0.15) is 0 Å². The molecule has 1 aromatic heterocycles. The molecule has 0 bridgehead atoms. The first kappa shape index (κ1) is 21.0. The molecule has 156 valence electrons. The summed E-state index contributed by atoms with van der Waals surface area (Å²) in [5.41, 5.74) is 1.19. The average Bonchev–Trinajstić information content (AvgIpc) is 3.30. The van der Waals surface area contributed by atoms with E-state index in [2.05, 4.69) is 16.9 Å². The highest BCUT2D eigenvalue weighted by molar-refractivity contribution is 7.88. The van der Waals surface area contributed by atoms with E-state index in [4.69, 9.17) is 0 Å². The summed E-state index contributed by atoms with van der Waals surface area (Å²) in [4.78, 5) is 26.1. The number of hydrogen-bond acceptors (Lipinski definition) is 6. The maximum Gasteiger partial charge on any atom is 0.257 e. The van der Waals surface area contributed by atoms with Gasteiger partial charge in [-0.15, -0.1) is 0 Å². The summed E-state index contributed by atoms with van der Waals surface area (Å²) >= 11 is 0. The smallest absolute Gasteiger partial charge is 0.257 e. The van der Waals surface area contributed by atoms with Crippen molar-refractivity contribution in [2.24, 2.45) is 5.92 Å². The largest absolute Gasteiger partial charge is 0.347 e. The van der Waals surface area contributed by atoms with E-state index in [0.29, 0.717) is 49.2 Å². The number of carbonyl (C=O) groups excluding carboxylic acids is 1. The molecule has 1 atom stereocenters. The Bertz CT molecular complexity index is 823. The standard InChI is InChI=1S/C19H31N5O3S/c1-5-9-23(12-14-6-7-14)18(25)16-11-20-19(22(2)3)21-17(16)15-8-10-24(13-15)28(4,26)27/h11,14-15H,5-10,12-13H2,1-4H3. The van der Waals surface area contributed by atoms with E-state index in [-0.39, 0.29) is 11.8 Å². The number of amides is 1. The lowest BCUT2D eigenvalue weighted by Gasteiger charge is -2.25. The van der Waals surface area contributed by atoms with Crippen LogP contribution in [0.25, 0.3) is 0 Å². The third-order valence-corrected chi connectivity index (χ3v) is 6.67. The Kier molecular flexibility index (Phi) is 6.24. The first-order chi connectivity index (χ1) is 13.2. The zero-order chi connectivity index (χ0) is 20.5. The van der Waals surface area contributed by atoms with E-state index in [0.717, 1.165) is 13.0 Å². The molecule has 1 saturated carbocycles. The van der Waals surface area contributed by atoms with Gasteiger partial charge in [-0.3, -0.25) is 4.79 Å². The Hall–Kier alpha value is -1.74. The molecule has 2 aliphatic rings. The quantitative estimate of drug-likeness (QED) is 0.648. The van der Waals surface area contributed by atoms with Crippen LogP contribution in [0.3, 0.4) is 0 Å². The number of hydrogen-bond donors (Lipinski definition) is 0. The Morgan fingerprint density at radius 1 is 1.29 bits per heavy atom.